The molecule has 0 unspecified atom stereocenters. The van der Waals surface area contributed by atoms with Crippen molar-refractivity contribution in [3.05, 3.63) is 53.6 Å². The zero-order valence-electron chi connectivity index (χ0n) is 19.4. The van der Waals surface area contributed by atoms with E-state index in [0.717, 1.165) is 38.4 Å². The molecule has 10 heteroatoms. The Balaban J connectivity index is 1.29. The van der Waals surface area contributed by atoms with Gasteiger partial charge in [-0.25, -0.2) is 8.42 Å². The second kappa shape index (κ2) is 10.1. The molecular formula is C24H30N4O5S. The Bertz CT molecular complexity index is 1160. The minimum absolute atomic E-state index is 0.0332. The van der Waals surface area contributed by atoms with E-state index in [-0.39, 0.29) is 16.7 Å². The van der Waals surface area contributed by atoms with Crippen LogP contribution in [0.1, 0.15) is 25.0 Å². The van der Waals surface area contributed by atoms with Crippen LogP contribution in [0.3, 0.4) is 0 Å². The summed E-state index contributed by atoms with van der Waals surface area (Å²) in [6, 6.07) is 11.2. The predicted molar refractivity (Wildman–Crippen MR) is 128 cm³/mol. The molecule has 0 radical (unpaired) electrons. The quantitative estimate of drug-likeness (QED) is 0.616. The number of ether oxygens (including phenoxy) is 1. The van der Waals surface area contributed by atoms with E-state index >= 15 is 0 Å². The second-order valence-corrected chi connectivity index (χ2v) is 10.4. The van der Waals surface area contributed by atoms with Gasteiger partial charge in [-0.05, 0) is 48.4 Å². The van der Waals surface area contributed by atoms with Crippen molar-refractivity contribution in [1.82, 2.24) is 14.5 Å². The standard InChI is InChI=1S/C24H30N4O5S/c1-17(26-34(31,32)22-6-4-21(5-7-22)25-18(2)29)24(30)28-12-10-27(11-13-28)16-19-3-8-23-20(15-19)9-14-33-23/h3-8,15,17,26H,9-14,16H2,1-2H3,(H,25,29)/t17-/m0/s1. The van der Waals surface area contributed by atoms with Crippen molar-refractivity contribution in [2.45, 2.75) is 37.8 Å². The van der Waals surface area contributed by atoms with Gasteiger partial charge in [-0.1, -0.05) is 12.1 Å². The van der Waals surface area contributed by atoms with Gasteiger partial charge in [0.15, 0.2) is 0 Å². The van der Waals surface area contributed by atoms with Crippen LogP contribution in [0.25, 0.3) is 0 Å². The largest absolute Gasteiger partial charge is 0.493 e. The number of carbonyl (C=O) groups is 2. The van der Waals surface area contributed by atoms with Crippen molar-refractivity contribution in [1.29, 1.82) is 0 Å². The molecule has 2 N–H and O–H groups in total. The molecule has 1 atom stereocenters. The van der Waals surface area contributed by atoms with Crippen molar-refractivity contribution >= 4 is 27.5 Å². The average molecular weight is 487 g/mol. The number of amides is 2. The Labute approximate surface area is 200 Å². The third-order valence-electron chi connectivity index (χ3n) is 6.03. The van der Waals surface area contributed by atoms with Gasteiger partial charge in [-0.15, -0.1) is 0 Å². The molecule has 34 heavy (non-hydrogen) atoms. The van der Waals surface area contributed by atoms with Gasteiger partial charge in [-0.2, -0.15) is 4.72 Å². The molecule has 2 heterocycles. The SMILES string of the molecule is CC(=O)Nc1ccc(S(=O)(=O)N[C@@H](C)C(=O)N2CCN(Cc3ccc4c(c3)CCO4)CC2)cc1. The van der Waals surface area contributed by atoms with E-state index in [1.165, 1.54) is 42.3 Å². The fourth-order valence-corrected chi connectivity index (χ4v) is 5.47. The van der Waals surface area contributed by atoms with Crippen LogP contribution < -0.4 is 14.8 Å². The van der Waals surface area contributed by atoms with Gasteiger partial charge in [0.1, 0.15) is 5.75 Å². The maximum Gasteiger partial charge on any atom is 0.241 e. The predicted octanol–water partition coefficient (Wildman–Crippen LogP) is 1.59. The first-order valence-electron chi connectivity index (χ1n) is 11.4. The van der Waals surface area contributed by atoms with E-state index in [4.69, 9.17) is 4.74 Å². The number of piperazine rings is 1. The molecular weight excluding hydrogens is 456 g/mol. The third-order valence-corrected chi connectivity index (χ3v) is 7.59. The molecule has 9 nitrogen and oxygen atoms in total. The van der Waals surface area contributed by atoms with Crippen LogP contribution >= 0.6 is 0 Å². The van der Waals surface area contributed by atoms with E-state index in [2.05, 4.69) is 27.1 Å². The molecule has 2 aliphatic heterocycles. The first-order chi connectivity index (χ1) is 16.2. The van der Waals surface area contributed by atoms with Crippen LogP contribution in [-0.4, -0.2) is 68.9 Å². The lowest BCUT2D eigenvalue weighted by atomic mass is 10.1. The maximum atomic E-state index is 12.9. The topological polar surface area (TPSA) is 108 Å². The molecule has 0 bridgehead atoms. The minimum Gasteiger partial charge on any atom is -0.493 e. The van der Waals surface area contributed by atoms with Crippen molar-refractivity contribution in [2.75, 3.05) is 38.1 Å². The van der Waals surface area contributed by atoms with Crippen LogP contribution in [0.2, 0.25) is 0 Å². The lowest BCUT2D eigenvalue weighted by Crippen LogP contribution is -2.53. The Kier molecular flexibility index (Phi) is 7.20. The lowest BCUT2D eigenvalue weighted by Gasteiger charge is -2.36. The Morgan fingerprint density at radius 1 is 1.06 bits per heavy atom. The van der Waals surface area contributed by atoms with Crippen LogP contribution in [-0.2, 0) is 32.6 Å². The number of carbonyl (C=O) groups excluding carboxylic acids is 2. The Morgan fingerprint density at radius 2 is 1.76 bits per heavy atom. The van der Waals surface area contributed by atoms with Gasteiger partial charge in [0.05, 0.1) is 17.5 Å². The Morgan fingerprint density at radius 3 is 2.44 bits per heavy atom. The number of anilines is 1. The average Bonchev–Trinajstić information content (AvgIpc) is 3.27. The fourth-order valence-electron chi connectivity index (χ4n) is 4.27. The molecule has 0 spiro atoms. The summed E-state index contributed by atoms with van der Waals surface area (Å²) in [4.78, 5) is 28.1. The summed E-state index contributed by atoms with van der Waals surface area (Å²) in [5.74, 6) is 0.488. The van der Waals surface area contributed by atoms with Crippen LogP contribution in [0.5, 0.6) is 5.75 Å². The smallest absolute Gasteiger partial charge is 0.241 e. The molecule has 2 amide bonds. The molecule has 1 saturated heterocycles. The summed E-state index contributed by atoms with van der Waals surface area (Å²) in [5, 5.41) is 2.59. The molecule has 2 aromatic rings. The highest BCUT2D eigenvalue weighted by Gasteiger charge is 2.28. The summed E-state index contributed by atoms with van der Waals surface area (Å²) in [5.41, 5.74) is 2.98. The van der Waals surface area contributed by atoms with Crippen LogP contribution in [0, 0.1) is 0 Å². The highest BCUT2D eigenvalue weighted by molar-refractivity contribution is 7.89. The molecule has 0 aliphatic carbocycles. The lowest BCUT2D eigenvalue weighted by molar-refractivity contribution is -0.134. The van der Waals surface area contributed by atoms with Gasteiger partial charge < -0.3 is 15.0 Å². The number of sulfonamides is 1. The monoisotopic (exact) mass is 486 g/mol. The van der Waals surface area contributed by atoms with Gasteiger partial charge in [-0.3, -0.25) is 14.5 Å². The van der Waals surface area contributed by atoms with E-state index in [0.29, 0.717) is 18.8 Å². The highest BCUT2D eigenvalue weighted by atomic mass is 32.2. The zero-order chi connectivity index (χ0) is 24.3. The summed E-state index contributed by atoms with van der Waals surface area (Å²) in [7, 11) is -3.88. The van der Waals surface area contributed by atoms with E-state index in [1.807, 2.05) is 6.07 Å². The zero-order valence-corrected chi connectivity index (χ0v) is 20.2. The summed E-state index contributed by atoms with van der Waals surface area (Å²) in [6.45, 7) is 7.03. The normalized spacial score (nSPS) is 17.1. The number of rotatable bonds is 7. The second-order valence-electron chi connectivity index (χ2n) is 8.69. The van der Waals surface area contributed by atoms with Crippen molar-refractivity contribution in [3.8, 4) is 5.75 Å². The fraction of sp³-hybridized carbons (Fsp3) is 0.417. The Hall–Kier alpha value is -2.95. The minimum atomic E-state index is -3.88. The van der Waals surface area contributed by atoms with Crippen molar-refractivity contribution < 1.29 is 22.7 Å². The summed E-state index contributed by atoms with van der Waals surface area (Å²) < 4.78 is 33.5. The van der Waals surface area contributed by atoms with Crippen LogP contribution in [0.15, 0.2) is 47.4 Å². The molecule has 2 aromatic carbocycles. The number of hydrogen-bond acceptors (Lipinski definition) is 6. The molecule has 4 rings (SSSR count). The third kappa shape index (κ3) is 5.75. The molecule has 2 aliphatic rings. The maximum absolute atomic E-state index is 12.9. The van der Waals surface area contributed by atoms with E-state index in [1.54, 1.807) is 11.8 Å². The van der Waals surface area contributed by atoms with Gasteiger partial charge in [0.25, 0.3) is 0 Å². The number of fused-ring (bicyclic) bond motifs is 1. The van der Waals surface area contributed by atoms with Gasteiger partial charge in [0.2, 0.25) is 21.8 Å². The van der Waals surface area contributed by atoms with Gasteiger partial charge in [0, 0.05) is 51.8 Å². The number of benzene rings is 2. The van der Waals surface area contributed by atoms with Gasteiger partial charge >= 0.3 is 0 Å². The van der Waals surface area contributed by atoms with Crippen molar-refractivity contribution in [3.63, 3.8) is 0 Å². The molecule has 0 saturated carbocycles. The van der Waals surface area contributed by atoms with E-state index in [9.17, 15) is 18.0 Å². The summed E-state index contributed by atoms with van der Waals surface area (Å²) >= 11 is 0. The first kappa shape index (κ1) is 24.2. The van der Waals surface area contributed by atoms with Crippen LogP contribution in [0.4, 0.5) is 5.69 Å². The number of nitrogens with one attached hydrogen (secondary N) is 2. The molecule has 1 fully saturated rings. The first-order valence-corrected chi connectivity index (χ1v) is 12.9. The number of nitrogens with zero attached hydrogens (tertiary/aromatic N) is 2. The molecule has 182 valence electrons. The highest BCUT2D eigenvalue weighted by Crippen LogP contribution is 2.26. The summed E-state index contributed by atoms with van der Waals surface area (Å²) in [6.07, 6.45) is 0.943. The van der Waals surface area contributed by atoms with Crippen molar-refractivity contribution in [2.24, 2.45) is 0 Å². The molecule has 0 aromatic heterocycles. The van der Waals surface area contributed by atoms with E-state index < -0.39 is 16.1 Å². The number of hydrogen-bond donors (Lipinski definition) is 2.